The molecule has 28 heavy (non-hydrogen) atoms. The van der Waals surface area contributed by atoms with Crippen molar-refractivity contribution in [2.45, 2.75) is 26.1 Å². The van der Waals surface area contributed by atoms with Gasteiger partial charge in [0.25, 0.3) is 0 Å². The molecule has 0 amide bonds. The number of aromatic nitrogens is 5. The van der Waals surface area contributed by atoms with Crippen molar-refractivity contribution in [3.63, 3.8) is 0 Å². The molecule has 2 heterocycles. The van der Waals surface area contributed by atoms with Crippen LogP contribution in [-0.4, -0.2) is 36.3 Å². The number of hydrogen-bond acceptors (Lipinski definition) is 4. The molecule has 0 spiro atoms. The summed E-state index contributed by atoms with van der Waals surface area (Å²) in [6, 6.07) is 19.2. The summed E-state index contributed by atoms with van der Waals surface area (Å²) in [4.78, 5) is 10.9. The Morgan fingerprint density at radius 3 is 2.54 bits per heavy atom. The number of imidazole rings is 1. The molecule has 0 aliphatic carbocycles. The summed E-state index contributed by atoms with van der Waals surface area (Å²) in [7, 11) is 2.14. The second-order valence-electron chi connectivity index (χ2n) is 6.98. The van der Waals surface area contributed by atoms with Crippen LogP contribution in [0.2, 0.25) is 0 Å². The first-order valence-electron chi connectivity index (χ1n) is 9.40. The molecular weight excluding hydrogens is 348 g/mol. The van der Waals surface area contributed by atoms with E-state index in [2.05, 4.69) is 87.0 Å². The van der Waals surface area contributed by atoms with E-state index in [4.69, 9.17) is 0 Å². The van der Waals surface area contributed by atoms with Crippen molar-refractivity contribution in [3.8, 4) is 5.69 Å². The average molecular weight is 372 g/mol. The first-order valence-corrected chi connectivity index (χ1v) is 9.40. The molecule has 142 valence electrons. The number of nitrogens with zero attached hydrogens (tertiary/aromatic N) is 6. The summed E-state index contributed by atoms with van der Waals surface area (Å²) in [5, 5.41) is 4.17. The highest BCUT2D eigenvalue weighted by atomic mass is 15.3. The van der Waals surface area contributed by atoms with Crippen molar-refractivity contribution in [2.24, 2.45) is 0 Å². The van der Waals surface area contributed by atoms with E-state index in [9.17, 15) is 0 Å². The van der Waals surface area contributed by atoms with Crippen molar-refractivity contribution in [2.75, 3.05) is 7.05 Å². The molecule has 2 aromatic carbocycles. The third-order valence-corrected chi connectivity index (χ3v) is 5.11. The van der Waals surface area contributed by atoms with Gasteiger partial charge in [-0.2, -0.15) is 5.10 Å². The molecule has 2 aromatic heterocycles. The van der Waals surface area contributed by atoms with Gasteiger partial charge in [0, 0.05) is 25.0 Å². The molecule has 6 heteroatoms. The van der Waals surface area contributed by atoms with E-state index in [1.807, 2.05) is 18.5 Å². The Morgan fingerprint density at radius 2 is 1.82 bits per heavy atom. The quantitative estimate of drug-likeness (QED) is 0.496. The van der Waals surface area contributed by atoms with Gasteiger partial charge in [-0.25, -0.2) is 14.6 Å². The fourth-order valence-corrected chi connectivity index (χ4v) is 3.28. The topological polar surface area (TPSA) is 51.8 Å². The number of benzene rings is 2. The van der Waals surface area contributed by atoms with Crippen LogP contribution in [0.5, 0.6) is 0 Å². The second kappa shape index (κ2) is 8.19. The molecule has 1 atom stereocenters. The summed E-state index contributed by atoms with van der Waals surface area (Å²) >= 11 is 0. The highest BCUT2D eigenvalue weighted by Gasteiger charge is 2.15. The highest BCUT2D eigenvalue weighted by molar-refractivity contribution is 5.34. The van der Waals surface area contributed by atoms with Crippen LogP contribution in [0.3, 0.4) is 0 Å². The van der Waals surface area contributed by atoms with Gasteiger partial charge in [0.2, 0.25) is 0 Å². The first-order chi connectivity index (χ1) is 13.7. The summed E-state index contributed by atoms with van der Waals surface area (Å²) in [6.45, 7) is 3.84. The molecule has 0 N–H and O–H groups in total. The fourth-order valence-electron chi connectivity index (χ4n) is 3.28. The van der Waals surface area contributed by atoms with E-state index < -0.39 is 0 Å². The largest absolute Gasteiger partial charge is 0.329 e. The summed E-state index contributed by atoms with van der Waals surface area (Å²) in [5.74, 6) is 1.07. The lowest BCUT2D eigenvalue weighted by Gasteiger charge is -2.25. The van der Waals surface area contributed by atoms with Gasteiger partial charge in [-0.1, -0.05) is 42.5 Å². The fraction of sp³-hybridized carbons (Fsp3) is 0.227. The van der Waals surface area contributed by atoms with Crippen molar-refractivity contribution in [1.29, 1.82) is 0 Å². The first kappa shape index (κ1) is 18.1. The predicted octanol–water partition coefficient (Wildman–Crippen LogP) is 3.71. The average Bonchev–Trinajstić information content (AvgIpc) is 3.41. The smallest absolute Gasteiger partial charge is 0.138 e. The molecule has 0 unspecified atom stereocenters. The van der Waals surface area contributed by atoms with Gasteiger partial charge in [-0.15, -0.1) is 0 Å². The monoisotopic (exact) mass is 372 g/mol. The van der Waals surface area contributed by atoms with E-state index in [1.165, 1.54) is 11.1 Å². The van der Waals surface area contributed by atoms with Gasteiger partial charge < -0.3 is 4.57 Å². The van der Waals surface area contributed by atoms with Crippen LogP contribution in [0.15, 0.2) is 79.6 Å². The van der Waals surface area contributed by atoms with Crippen LogP contribution in [0, 0.1) is 0 Å². The van der Waals surface area contributed by atoms with Gasteiger partial charge in [-0.05, 0) is 37.2 Å². The van der Waals surface area contributed by atoms with Crippen LogP contribution < -0.4 is 0 Å². The standard InChI is InChI=1S/C22H24N6/c1-18(20-8-10-21(11-9-20)28-17-23-16-25-28)26(2)15-22-24-12-13-27(22)14-19-6-4-3-5-7-19/h3-13,16-18H,14-15H2,1-2H3/t18-/m1/s1. The summed E-state index contributed by atoms with van der Waals surface area (Å²) in [6.07, 6.45) is 7.18. The molecule has 4 aromatic rings. The van der Waals surface area contributed by atoms with E-state index in [-0.39, 0.29) is 6.04 Å². The van der Waals surface area contributed by atoms with E-state index in [1.54, 1.807) is 17.3 Å². The Balaban J connectivity index is 1.44. The Morgan fingerprint density at radius 1 is 1.04 bits per heavy atom. The van der Waals surface area contributed by atoms with Crippen LogP contribution in [0.4, 0.5) is 0 Å². The molecule has 0 aliphatic rings. The lowest BCUT2D eigenvalue weighted by molar-refractivity contribution is 0.244. The Hall–Kier alpha value is -3.25. The Kier molecular flexibility index (Phi) is 5.30. The maximum atomic E-state index is 4.58. The molecule has 0 radical (unpaired) electrons. The van der Waals surface area contributed by atoms with E-state index in [0.29, 0.717) is 0 Å². The van der Waals surface area contributed by atoms with E-state index in [0.717, 1.165) is 24.6 Å². The minimum Gasteiger partial charge on any atom is -0.329 e. The van der Waals surface area contributed by atoms with Gasteiger partial charge in [-0.3, -0.25) is 4.90 Å². The predicted molar refractivity (Wildman–Crippen MR) is 109 cm³/mol. The van der Waals surface area contributed by atoms with Crippen LogP contribution >= 0.6 is 0 Å². The maximum Gasteiger partial charge on any atom is 0.138 e. The maximum absolute atomic E-state index is 4.58. The molecule has 0 fully saturated rings. The minimum atomic E-state index is 0.270. The zero-order valence-corrected chi connectivity index (χ0v) is 16.2. The Bertz CT molecular complexity index is 989. The Labute approximate surface area is 165 Å². The molecular formula is C22H24N6. The van der Waals surface area contributed by atoms with Crippen molar-refractivity contribution >= 4 is 0 Å². The van der Waals surface area contributed by atoms with Crippen LogP contribution in [0.25, 0.3) is 5.69 Å². The van der Waals surface area contributed by atoms with Crippen LogP contribution in [-0.2, 0) is 13.1 Å². The zero-order valence-electron chi connectivity index (χ0n) is 16.2. The second-order valence-corrected chi connectivity index (χ2v) is 6.98. The van der Waals surface area contributed by atoms with Crippen molar-refractivity contribution < 1.29 is 0 Å². The lowest BCUT2D eigenvalue weighted by Crippen LogP contribution is -2.24. The number of rotatable bonds is 7. The van der Waals surface area contributed by atoms with Crippen molar-refractivity contribution in [1.82, 2.24) is 29.2 Å². The molecule has 6 nitrogen and oxygen atoms in total. The highest BCUT2D eigenvalue weighted by Crippen LogP contribution is 2.22. The summed E-state index contributed by atoms with van der Waals surface area (Å²) < 4.78 is 3.98. The molecule has 0 saturated heterocycles. The molecule has 4 rings (SSSR count). The van der Waals surface area contributed by atoms with Gasteiger partial charge in [0.1, 0.15) is 18.5 Å². The van der Waals surface area contributed by atoms with E-state index >= 15 is 0 Å². The van der Waals surface area contributed by atoms with Gasteiger partial charge in [0.05, 0.1) is 12.2 Å². The number of hydrogen-bond donors (Lipinski definition) is 0. The zero-order chi connectivity index (χ0) is 19.3. The minimum absolute atomic E-state index is 0.270. The van der Waals surface area contributed by atoms with Gasteiger partial charge in [0.15, 0.2) is 0 Å². The summed E-state index contributed by atoms with van der Waals surface area (Å²) in [5.41, 5.74) is 3.54. The SMILES string of the molecule is C[C@H](c1ccc(-n2cncn2)cc1)N(C)Cc1nccn1Cc1ccccc1. The molecule has 0 saturated carbocycles. The third kappa shape index (κ3) is 4.02. The van der Waals surface area contributed by atoms with Crippen molar-refractivity contribution in [3.05, 3.63) is 96.6 Å². The van der Waals surface area contributed by atoms with Gasteiger partial charge >= 0.3 is 0 Å². The molecule has 0 bridgehead atoms. The lowest BCUT2D eigenvalue weighted by atomic mass is 10.1. The molecule has 0 aliphatic heterocycles. The third-order valence-electron chi connectivity index (χ3n) is 5.11. The van der Waals surface area contributed by atoms with Crippen LogP contribution in [0.1, 0.15) is 29.9 Å². The normalized spacial score (nSPS) is 12.4.